The van der Waals surface area contributed by atoms with Crippen LogP contribution in [-0.4, -0.2) is 31.1 Å². The van der Waals surface area contributed by atoms with Gasteiger partial charge >= 0.3 is 0 Å². The number of nitrogens with zero attached hydrogens (tertiary/aromatic N) is 1. The lowest BCUT2D eigenvalue weighted by atomic mass is 10.1. The van der Waals surface area contributed by atoms with Gasteiger partial charge in [-0.05, 0) is 62.5 Å². The van der Waals surface area contributed by atoms with Crippen molar-refractivity contribution in [1.29, 1.82) is 0 Å². The first-order valence-electron chi connectivity index (χ1n) is 7.33. The van der Waals surface area contributed by atoms with Crippen molar-refractivity contribution < 1.29 is 4.39 Å². The fourth-order valence-electron chi connectivity index (χ4n) is 2.75. The summed E-state index contributed by atoms with van der Waals surface area (Å²) in [6, 6.07) is 5.34. The van der Waals surface area contributed by atoms with Crippen LogP contribution in [0.2, 0.25) is 0 Å². The Balaban J connectivity index is 1.68. The molecule has 1 atom stereocenters. The van der Waals surface area contributed by atoms with Crippen molar-refractivity contribution >= 4 is 0 Å². The van der Waals surface area contributed by atoms with Crippen LogP contribution in [-0.2, 0) is 6.54 Å². The SMILES string of the molecule is Cc1cc(CNCC(C)CN2CCCC2)ccc1F. The molecule has 1 aromatic rings. The summed E-state index contributed by atoms with van der Waals surface area (Å²) in [5, 5.41) is 3.47. The van der Waals surface area contributed by atoms with E-state index < -0.39 is 0 Å². The quantitative estimate of drug-likeness (QED) is 0.850. The van der Waals surface area contributed by atoms with Gasteiger partial charge in [0.25, 0.3) is 0 Å². The number of nitrogens with one attached hydrogen (secondary N) is 1. The second-order valence-electron chi connectivity index (χ2n) is 5.83. The minimum Gasteiger partial charge on any atom is -0.312 e. The summed E-state index contributed by atoms with van der Waals surface area (Å²) < 4.78 is 13.2. The molecule has 0 aliphatic carbocycles. The molecule has 2 rings (SSSR count). The van der Waals surface area contributed by atoms with E-state index in [-0.39, 0.29) is 5.82 Å². The van der Waals surface area contributed by atoms with Gasteiger partial charge < -0.3 is 10.2 Å². The molecule has 1 N–H and O–H groups in total. The van der Waals surface area contributed by atoms with Gasteiger partial charge in [0.1, 0.15) is 5.82 Å². The Morgan fingerprint density at radius 3 is 2.74 bits per heavy atom. The number of hydrogen-bond donors (Lipinski definition) is 1. The lowest BCUT2D eigenvalue weighted by Crippen LogP contribution is -2.31. The maximum Gasteiger partial charge on any atom is 0.126 e. The second kappa shape index (κ2) is 7.01. The largest absolute Gasteiger partial charge is 0.312 e. The average Bonchev–Trinajstić information content (AvgIpc) is 2.86. The molecule has 0 spiro atoms. The van der Waals surface area contributed by atoms with Crippen LogP contribution in [0.25, 0.3) is 0 Å². The molecular weight excluding hydrogens is 239 g/mol. The molecule has 3 heteroatoms. The minimum atomic E-state index is -0.119. The zero-order valence-electron chi connectivity index (χ0n) is 12.1. The van der Waals surface area contributed by atoms with E-state index in [2.05, 4.69) is 17.1 Å². The van der Waals surface area contributed by atoms with Crippen molar-refractivity contribution in [3.8, 4) is 0 Å². The fourth-order valence-corrected chi connectivity index (χ4v) is 2.75. The van der Waals surface area contributed by atoms with Crippen LogP contribution >= 0.6 is 0 Å². The molecule has 1 unspecified atom stereocenters. The van der Waals surface area contributed by atoms with Crippen LogP contribution in [0.1, 0.15) is 30.9 Å². The lowest BCUT2D eigenvalue weighted by Gasteiger charge is -2.20. The van der Waals surface area contributed by atoms with Gasteiger partial charge in [-0.2, -0.15) is 0 Å². The van der Waals surface area contributed by atoms with E-state index >= 15 is 0 Å². The smallest absolute Gasteiger partial charge is 0.126 e. The predicted molar refractivity (Wildman–Crippen MR) is 77.7 cm³/mol. The van der Waals surface area contributed by atoms with Crippen LogP contribution in [0, 0.1) is 18.7 Å². The summed E-state index contributed by atoms with van der Waals surface area (Å²) in [4.78, 5) is 2.55. The number of aryl methyl sites for hydroxylation is 1. The van der Waals surface area contributed by atoms with E-state index in [9.17, 15) is 4.39 Å². The van der Waals surface area contributed by atoms with Crippen LogP contribution in [0.15, 0.2) is 18.2 Å². The Morgan fingerprint density at radius 2 is 2.05 bits per heavy atom. The third-order valence-electron chi connectivity index (χ3n) is 3.81. The normalized spacial score (nSPS) is 17.8. The molecule has 0 amide bonds. The zero-order chi connectivity index (χ0) is 13.7. The van der Waals surface area contributed by atoms with Crippen molar-refractivity contribution in [3.63, 3.8) is 0 Å². The lowest BCUT2D eigenvalue weighted by molar-refractivity contribution is 0.282. The number of hydrogen-bond acceptors (Lipinski definition) is 2. The standard InChI is InChI=1S/C16H25FN2/c1-13(12-19-7-3-4-8-19)10-18-11-15-5-6-16(17)14(2)9-15/h5-6,9,13,18H,3-4,7-8,10-12H2,1-2H3. The van der Waals surface area contributed by atoms with Crippen molar-refractivity contribution in [3.05, 3.63) is 35.1 Å². The highest BCUT2D eigenvalue weighted by molar-refractivity contribution is 5.23. The third kappa shape index (κ3) is 4.59. The first kappa shape index (κ1) is 14.5. The molecule has 0 aromatic heterocycles. The minimum absolute atomic E-state index is 0.119. The van der Waals surface area contributed by atoms with Gasteiger partial charge in [-0.1, -0.05) is 19.1 Å². The summed E-state index contributed by atoms with van der Waals surface area (Å²) in [5.41, 5.74) is 1.89. The Kier molecular flexibility index (Phi) is 5.34. The molecule has 0 saturated carbocycles. The number of benzene rings is 1. The highest BCUT2D eigenvalue weighted by Crippen LogP contribution is 2.11. The zero-order valence-corrected chi connectivity index (χ0v) is 12.1. The fraction of sp³-hybridized carbons (Fsp3) is 0.625. The van der Waals surface area contributed by atoms with Crippen molar-refractivity contribution in [2.45, 2.75) is 33.2 Å². The summed E-state index contributed by atoms with van der Waals surface area (Å²) in [6.45, 7) is 9.67. The van der Waals surface area contributed by atoms with Crippen molar-refractivity contribution in [2.75, 3.05) is 26.2 Å². The molecule has 1 aliphatic heterocycles. The molecule has 0 radical (unpaired) electrons. The topological polar surface area (TPSA) is 15.3 Å². The van der Waals surface area contributed by atoms with Gasteiger partial charge in [0.15, 0.2) is 0 Å². The maximum atomic E-state index is 13.2. The number of halogens is 1. The van der Waals surface area contributed by atoms with Gasteiger partial charge in [0.2, 0.25) is 0 Å². The highest BCUT2D eigenvalue weighted by atomic mass is 19.1. The second-order valence-corrected chi connectivity index (χ2v) is 5.83. The Labute approximate surface area is 116 Å². The van der Waals surface area contributed by atoms with Crippen LogP contribution in [0.3, 0.4) is 0 Å². The molecule has 0 bridgehead atoms. The van der Waals surface area contributed by atoms with E-state index in [0.717, 1.165) is 24.2 Å². The molecule has 106 valence electrons. The van der Waals surface area contributed by atoms with Crippen LogP contribution < -0.4 is 5.32 Å². The number of rotatable bonds is 6. The summed E-state index contributed by atoms with van der Waals surface area (Å²) in [7, 11) is 0. The molecular formula is C16H25FN2. The van der Waals surface area contributed by atoms with Crippen LogP contribution in [0.4, 0.5) is 4.39 Å². The molecule has 2 nitrogen and oxygen atoms in total. The van der Waals surface area contributed by atoms with Gasteiger partial charge in [-0.3, -0.25) is 0 Å². The molecule has 19 heavy (non-hydrogen) atoms. The maximum absolute atomic E-state index is 13.2. The monoisotopic (exact) mass is 264 g/mol. The molecule has 1 fully saturated rings. The van der Waals surface area contributed by atoms with Gasteiger partial charge in [-0.15, -0.1) is 0 Å². The van der Waals surface area contributed by atoms with Crippen molar-refractivity contribution in [2.24, 2.45) is 5.92 Å². The van der Waals surface area contributed by atoms with E-state index in [4.69, 9.17) is 0 Å². The highest BCUT2D eigenvalue weighted by Gasteiger charge is 2.14. The van der Waals surface area contributed by atoms with E-state index in [1.807, 2.05) is 19.1 Å². The van der Waals surface area contributed by atoms with E-state index in [1.54, 1.807) is 6.07 Å². The molecule has 1 saturated heterocycles. The Bertz CT molecular complexity index is 400. The summed E-state index contributed by atoms with van der Waals surface area (Å²) in [6.07, 6.45) is 2.71. The van der Waals surface area contributed by atoms with Gasteiger partial charge in [0, 0.05) is 13.1 Å². The molecule has 1 heterocycles. The summed E-state index contributed by atoms with van der Waals surface area (Å²) in [5.74, 6) is 0.547. The third-order valence-corrected chi connectivity index (χ3v) is 3.81. The van der Waals surface area contributed by atoms with Crippen molar-refractivity contribution in [1.82, 2.24) is 10.2 Å². The van der Waals surface area contributed by atoms with Gasteiger partial charge in [-0.25, -0.2) is 4.39 Å². The molecule has 1 aliphatic rings. The first-order valence-corrected chi connectivity index (χ1v) is 7.33. The first-order chi connectivity index (χ1) is 9.15. The Morgan fingerprint density at radius 1 is 1.32 bits per heavy atom. The van der Waals surface area contributed by atoms with E-state index in [0.29, 0.717) is 5.92 Å². The number of likely N-dealkylation sites (tertiary alicyclic amines) is 1. The van der Waals surface area contributed by atoms with Gasteiger partial charge in [0.05, 0.1) is 0 Å². The average molecular weight is 264 g/mol. The van der Waals surface area contributed by atoms with E-state index in [1.165, 1.54) is 32.5 Å². The molecule has 1 aromatic carbocycles. The predicted octanol–water partition coefficient (Wildman–Crippen LogP) is 2.96. The Hall–Kier alpha value is -0.930. The summed E-state index contributed by atoms with van der Waals surface area (Å²) >= 11 is 0. The van der Waals surface area contributed by atoms with Crippen LogP contribution in [0.5, 0.6) is 0 Å².